The third-order valence-corrected chi connectivity index (χ3v) is 4.67. The van der Waals surface area contributed by atoms with Crippen LogP contribution < -0.4 is 5.32 Å². The molecular weight excluding hydrogens is 220 g/mol. The molecule has 1 aromatic carbocycles. The van der Waals surface area contributed by atoms with Crippen LogP contribution in [0.3, 0.4) is 0 Å². The SMILES string of the molecule is c1ccc2nc(NC3CC4CCC3C4)ccc2c1. The maximum Gasteiger partial charge on any atom is 0.126 e. The minimum Gasteiger partial charge on any atom is -0.367 e. The summed E-state index contributed by atoms with van der Waals surface area (Å²) in [5.41, 5.74) is 1.09. The van der Waals surface area contributed by atoms with E-state index in [-0.39, 0.29) is 0 Å². The van der Waals surface area contributed by atoms with Crippen molar-refractivity contribution in [3.63, 3.8) is 0 Å². The number of nitrogens with one attached hydrogen (secondary N) is 1. The molecule has 2 heteroatoms. The molecular formula is C16H18N2. The Bertz CT molecular complexity index is 578. The maximum atomic E-state index is 4.71. The molecule has 2 aliphatic rings. The number of benzene rings is 1. The van der Waals surface area contributed by atoms with Gasteiger partial charge < -0.3 is 5.32 Å². The standard InChI is InChI=1S/C16H18N2/c1-2-4-14-12(3-1)7-8-16(17-14)18-15-10-11-5-6-13(15)9-11/h1-4,7-8,11,13,15H,5-6,9-10H2,(H,17,18). The Labute approximate surface area is 107 Å². The monoisotopic (exact) mass is 238 g/mol. The third-order valence-electron chi connectivity index (χ3n) is 4.67. The number of nitrogens with zero attached hydrogens (tertiary/aromatic N) is 1. The smallest absolute Gasteiger partial charge is 0.126 e. The van der Waals surface area contributed by atoms with Crippen LogP contribution in [0.4, 0.5) is 5.82 Å². The highest BCUT2D eigenvalue weighted by Crippen LogP contribution is 2.45. The van der Waals surface area contributed by atoms with Crippen molar-refractivity contribution in [1.29, 1.82) is 0 Å². The van der Waals surface area contributed by atoms with E-state index >= 15 is 0 Å². The first-order valence-corrected chi connectivity index (χ1v) is 7.01. The highest BCUT2D eigenvalue weighted by molar-refractivity contribution is 5.80. The molecule has 2 saturated carbocycles. The molecule has 2 aliphatic carbocycles. The Hall–Kier alpha value is -1.57. The summed E-state index contributed by atoms with van der Waals surface area (Å²) in [6.45, 7) is 0. The molecule has 0 aliphatic heterocycles. The highest BCUT2D eigenvalue weighted by Gasteiger charge is 2.39. The van der Waals surface area contributed by atoms with Gasteiger partial charge in [0.05, 0.1) is 5.52 Å². The summed E-state index contributed by atoms with van der Waals surface area (Å²) in [4.78, 5) is 4.71. The van der Waals surface area contributed by atoms with Crippen LogP contribution in [-0.2, 0) is 0 Å². The summed E-state index contributed by atoms with van der Waals surface area (Å²) < 4.78 is 0. The van der Waals surface area contributed by atoms with Crippen LogP contribution in [0, 0.1) is 11.8 Å². The van der Waals surface area contributed by atoms with Gasteiger partial charge in [-0.25, -0.2) is 4.98 Å². The number of pyridine rings is 1. The van der Waals surface area contributed by atoms with Gasteiger partial charge in [0.15, 0.2) is 0 Å². The molecule has 2 fully saturated rings. The quantitative estimate of drug-likeness (QED) is 0.860. The predicted molar refractivity (Wildman–Crippen MR) is 74.6 cm³/mol. The van der Waals surface area contributed by atoms with Gasteiger partial charge in [-0.2, -0.15) is 0 Å². The van der Waals surface area contributed by atoms with Gasteiger partial charge in [0.25, 0.3) is 0 Å². The Kier molecular flexibility index (Phi) is 2.29. The number of fused-ring (bicyclic) bond motifs is 3. The Morgan fingerprint density at radius 1 is 1.00 bits per heavy atom. The largest absolute Gasteiger partial charge is 0.367 e. The zero-order chi connectivity index (χ0) is 11.9. The van der Waals surface area contributed by atoms with E-state index in [0.29, 0.717) is 6.04 Å². The van der Waals surface area contributed by atoms with Gasteiger partial charge in [-0.15, -0.1) is 0 Å². The summed E-state index contributed by atoms with van der Waals surface area (Å²) in [6.07, 6.45) is 5.65. The lowest BCUT2D eigenvalue weighted by Gasteiger charge is -2.23. The van der Waals surface area contributed by atoms with Crippen LogP contribution in [0.5, 0.6) is 0 Å². The molecule has 1 N–H and O–H groups in total. The molecule has 2 aromatic rings. The van der Waals surface area contributed by atoms with Crippen LogP contribution in [-0.4, -0.2) is 11.0 Å². The molecule has 0 radical (unpaired) electrons. The van der Waals surface area contributed by atoms with Crippen molar-refractivity contribution in [2.75, 3.05) is 5.32 Å². The molecule has 18 heavy (non-hydrogen) atoms. The van der Waals surface area contributed by atoms with Crippen LogP contribution >= 0.6 is 0 Å². The number of rotatable bonds is 2. The number of aromatic nitrogens is 1. The van der Waals surface area contributed by atoms with E-state index < -0.39 is 0 Å². The number of hydrogen-bond acceptors (Lipinski definition) is 2. The van der Waals surface area contributed by atoms with Crippen molar-refractivity contribution in [2.24, 2.45) is 11.8 Å². The van der Waals surface area contributed by atoms with Crippen molar-refractivity contribution >= 4 is 16.7 Å². The number of para-hydroxylation sites is 1. The van der Waals surface area contributed by atoms with Crippen LogP contribution in [0.1, 0.15) is 25.7 Å². The van der Waals surface area contributed by atoms with E-state index in [2.05, 4.69) is 41.7 Å². The molecule has 4 rings (SSSR count). The van der Waals surface area contributed by atoms with Gasteiger partial charge in [-0.1, -0.05) is 24.6 Å². The van der Waals surface area contributed by atoms with E-state index in [4.69, 9.17) is 4.98 Å². The van der Waals surface area contributed by atoms with E-state index in [9.17, 15) is 0 Å². The number of anilines is 1. The number of hydrogen-bond donors (Lipinski definition) is 1. The molecule has 2 bridgehead atoms. The van der Waals surface area contributed by atoms with E-state index in [1.54, 1.807) is 0 Å². The summed E-state index contributed by atoms with van der Waals surface area (Å²) in [6, 6.07) is 13.3. The lowest BCUT2D eigenvalue weighted by Crippen LogP contribution is -2.26. The predicted octanol–water partition coefficient (Wildman–Crippen LogP) is 3.84. The second kappa shape index (κ2) is 3.98. The van der Waals surface area contributed by atoms with E-state index in [1.165, 1.54) is 31.1 Å². The summed E-state index contributed by atoms with van der Waals surface area (Å²) >= 11 is 0. The van der Waals surface area contributed by atoms with Gasteiger partial charge in [-0.05, 0) is 49.3 Å². The molecule has 92 valence electrons. The molecule has 0 amide bonds. The van der Waals surface area contributed by atoms with Crippen molar-refractivity contribution < 1.29 is 0 Å². The van der Waals surface area contributed by atoms with E-state index in [0.717, 1.165) is 23.2 Å². The molecule has 0 saturated heterocycles. The Balaban J connectivity index is 1.59. The van der Waals surface area contributed by atoms with Gasteiger partial charge in [-0.3, -0.25) is 0 Å². The third kappa shape index (κ3) is 1.67. The molecule has 3 unspecified atom stereocenters. The lowest BCUT2D eigenvalue weighted by atomic mass is 9.95. The Morgan fingerprint density at radius 3 is 2.78 bits per heavy atom. The van der Waals surface area contributed by atoms with Gasteiger partial charge in [0.1, 0.15) is 5.82 Å². The minimum absolute atomic E-state index is 0.664. The minimum atomic E-state index is 0.664. The molecule has 0 spiro atoms. The first-order valence-electron chi connectivity index (χ1n) is 7.01. The fourth-order valence-electron chi connectivity index (χ4n) is 3.76. The van der Waals surface area contributed by atoms with Crippen LogP contribution in [0.15, 0.2) is 36.4 Å². The summed E-state index contributed by atoms with van der Waals surface area (Å²) in [7, 11) is 0. The van der Waals surface area contributed by atoms with Crippen molar-refractivity contribution in [1.82, 2.24) is 4.98 Å². The lowest BCUT2D eigenvalue weighted by molar-refractivity contribution is 0.439. The molecule has 2 nitrogen and oxygen atoms in total. The first kappa shape index (κ1) is 10.4. The average molecular weight is 238 g/mol. The van der Waals surface area contributed by atoms with Crippen molar-refractivity contribution in [3.8, 4) is 0 Å². The van der Waals surface area contributed by atoms with Crippen LogP contribution in [0.2, 0.25) is 0 Å². The molecule has 3 atom stereocenters. The average Bonchev–Trinajstić information content (AvgIpc) is 3.01. The van der Waals surface area contributed by atoms with Crippen molar-refractivity contribution in [3.05, 3.63) is 36.4 Å². The van der Waals surface area contributed by atoms with Gasteiger partial charge in [0.2, 0.25) is 0 Å². The van der Waals surface area contributed by atoms with Crippen LogP contribution in [0.25, 0.3) is 10.9 Å². The second-order valence-corrected chi connectivity index (χ2v) is 5.81. The zero-order valence-corrected chi connectivity index (χ0v) is 10.5. The fourth-order valence-corrected chi connectivity index (χ4v) is 3.76. The van der Waals surface area contributed by atoms with E-state index in [1.807, 2.05) is 0 Å². The fraction of sp³-hybridized carbons (Fsp3) is 0.438. The van der Waals surface area contributed by atoms with Gasteiger partial charge in [0, 0.05) is 11.4 Å². The highest BCUT2D eigenvalue weighted by atomic mass is 15.0. The molecule has 1 heterocycles. The normalized spacial score (nSPS) is 29.9. The molecule has 1 aromatic heterocycles. The topological polar surface area (TPSA) is 24.9 Å². The maximum absolute atomic E-state index is 4.71. The first-order chi connectivity index (χ1) is 8.88. The Morgan fingerprint density at radius 2 is 1.94 bits per heavy atom. The summed E-state index contributed by atoms with van der Waals surface area (Å²) in [5, 5.41) is 4.87. The summed E-state index contributed by atoms with van der Waals surface area (Å²) in [5.74, 6) is 2.92. The second-order valence-electron chi connectivity index (χ2n) is 5.81. The zero-order valence-electron chi connectivity index (χ0n) is 10.5. The van der Waals surface area contributed by atoms with Crippen molar-refractivity contribution in [2.45, 2.75) is 31.7 Å². The van der Waals surface area contributed by atoms with Gasteiger partial charge >= 0.3 is 0 Å².